The van der Waals surface area contributed by atoms with Crippen molar-refractivity contribution in [2.24, 2.45) is 7.05 Å². The number of hydrogen-bond donors (Lipinski definition) is 1. The summed E-state index contributed by atoms with van der Waals surface area (Å²) < 4.78 is 38.8. The molecule has 1 aromatic carbocycles. The molecule has 0 saturated heterocycles. The number of carboxylic acids is 1. The van der Waals surface area contributed by atoms with E-state index in [1.807, 2.05) is 0 Å². The molecular formula is C10H7F3N2O2. The number of aryl methyl sites for hydroxylation is 1. The molecule has 7 heteroatoms. The third-order valence-electron chi connectivity index (χ3n) is 2.37. The van der Waals surface area contributed by atoms with E-state index >= 15 is 0 Å². The largest absolute Gasteiger partial charge is 0.478 e. The van der Waals surface area contributed by atoms with E-state index in [1.54, 1.807) is 0 Å². The van der Waals surface area contributed by atoms with Crippen molar-refractivity contribution in [2.75, 3.05) is 0 Å². The number of aromatic nitrogens is 2. The number of alkyl halides is 3. The molecule has 0 aliphatic carbocycles. The Hall–Kier alpha value is -2.05. The lowest BCUT2D eigenvalue weighted by atomic mass is 10.1. The van der Waals surface area contributed by atoms with Crippen LogP contribution in [0.2, 0.25) is 0 Å². The standard InChI is InChI=1S/C10H7F3N2O2/c1-15-7-4-5(9(16)17)2-3-6(7)8(14-15)10(11,12)13/h2-4H,1H3,(H,16,17). The van der Waals surface area contributed by atoms with E-state index < -0.39 is 17.8 Å². The highest BCUT2D eigenvalue weighted by Crippen LogP contribution is 2.33. The van der Waals surface area contributed by atoms with Crippen LogP contribution in [0.25, 0.3) is 10.9 Å². The van der Waals surface area contributed by atoms with Crippen LogP contribution in [0.3, 0.4) is 0 Å². The molecule has 0 spiro atoms. The van der Waals surface area contributed by atoms with Crippen LogP contribution in [0, 0.1) is 0 Å². The maximum atomic E-state index is 12.6. The van der Waals surface area contributed by atoms with Gasteiger partial charge in [-0.3, -0.25) is 4.68 Å². The van der Waals surface area contributed by atoms with Gasteiger partial charge >= 0.3 is 12.1 Å². The van der Waals surface area contributed by atoms with E-state index in [1.165, 1.54) is 13.1 Å². The average molecular weight is 244 g/mol. The van der Waals surface area contributed by atoms with Gasteiger partial charge in [0.15, 0.2) is 5.69 Å². The molecule has 90 valence electrons. The number of rotatable bonds is 1. The molecule has 0 bridgehead atoms. The van der Waals surface area contributed by atoms with Crippen LogP contribution < -0.4 is 0 Å². The topological polar surface area (TPSA) is 55.1 Å². The fraction of sp³-hybridized carbons (Fsp3) is 0.200. The highest BCUT2D eigenvalue weighted by atomic mass is 19.4. The average Bonchev–Trinajstić information content (AvgIpc) is 2.55. The second kappa shape index (κ2) is 3.47. The number of benzene rings is 1. The highest BCUT2D eigenvalue weighted by molar-refractivity contribution is 5.94. The van der Waals surface area contributed by atoms with E-state index in [2.05, 4.69) is 5.10 Å². The van der Waals surface area contributed by atoms with E-state index in [4.69, 9.17) is 5.11 Å². The van der Waals surface area contributed by atoms with Crippen LogP contribution in [0.4, 0.5) is 13.2 Å². The Bertz CT molecular complexity index is 601. The summed E-state index contributed by atoms with van der Waals surface area (Å²) in [5.74, 6) is -1.19. The minimum Gasteiger partial charge on any atom is -0.478 e. The van der Waals surface area contributed by atoms with Crippen molar-refractivity contribution in [2.45, 2.75) is 6.18 Å². The van der Waals surface area contributed by atoms with Gasteiger partial charge in [-0.25, -0.2) is 4.79 Å². The molecule has 0 aliphatic heterocycles. The Balaban J connectivity index is 2.74. The second-order valence-corrected chi connectivity index (χ2v) is 3.51. The van der Waals surface area contributed by atoms with Crippen molar-refractivity contribution in [3.63, 3.8) is 0 Å². The molecular weight excluding hydrogens is 237 g/mol. The summed E-state index contributed by atoms with van der Waals surface area (Å²) in [6.45, 7) is 0. The quantitative estimate of drug-likeness (QED) is 0.837. The Kier molecular flexibility index (Phi) is 2.34. The number of nitrogens with zero attached hydrogens (tertiary/aromatic N) is 2. The third-order valence-corrected chi connectivity index (χ3v) is 2.37. The first kappa shape index (κ1) is 11.4. The van der Waals surface area contributed by atoms with Gasteiger partial charge in [0, 0.05) is 12.4 Å². The fourth-order valence-electron chi connectivity index (χ4n) is 1.60. The first-order valence-corrected chi connectivity index (χ1v) is 4.58. The molecule has 1 aromatic heterocycles. The Morgan fingerprint density at radius 1 is 1.41 bits per heavy atom. The molecule has 0 radical (unpaired) electrons. The Labute approximate surface area is 93.3 Å². The molecule has 0 fully saturated rings. The number of halogens is 3. The first-order chi connectivity index (χ1) is 7.80. The molecule has 0 saturated carbocycles. The fourth-order valence-corrected chi connectivity index (χ4v) is 1.60. The number of fused-ring (bicyclic) bond motifs is 1. The molecule has 0 atom stereocenters. The molecule has 0 unspecified atom stereocenters. The van der Waals surface area contributed by atoms with Gasteiger partial charge < -0.3 is 5.11 Å². The zero-order chi connectivity index (χ0) is 12.8. The van der Waals surface area contributed by atoms with Crippen LogP contribution in [0.1, 0.15) is 16.1 Å². The lowest BCUT2D eigenvalue weighted by Crippen LogP contribution is -2.07. The third kappa shape index (κ3) is 1.83. The lowest BCUT2D eigenvalue weighted by Gasteiger charge is -2.01. The van der Waals surface area contributed by atoms with Crippen molar-refractivity contribution in [3.8, 4) is 0 Å². The summed E-state index contributed by atoms with van der Waals surface area (Å²) >= 11 is 0. The van der Waals surface area contributed by atoms with Gasteiger partial charge in [-0.15, -0.1) is 0 Å². The summed E-state index contributed by atoms with van der Waals surface area (Å²) in [4.78, 5) is 10.7. The van der Waals surface area contributed by atoms with Crippen molar-refractivity contribution in [1.82, 2.24) is 9.78 Å². The van der Waals surface area contributed by atoms with E-state index in [0.717, 1.165) is 16.8 Å². The van der Waals surface area contributed by atoms with E-state index in [-0.39, 0.29) is 16.5 Å². The Morgan fingerprint density at radius 3 is 2.59 bits per heavy atom. The zero-order valence-corrected chi connectivity index (χ0v) is 8.62. The lowest BCUT2D eigenvalue weighted by molar-refractivity contribution is -0.140. The molecule has 0 aliphatic rings. The number of aromatic carboxylic acids is 1. The van der Waals surface area contributed by atoms with Crippen molar-refractivity contribution in [1.29, 1.82) is 0 Å². The minimum atomic E-state index is -4.55. The molecule has 2 aromatic rings. The van der Waals surface area contributed by atoms with E-state index in [0.29, 0.717) is 0 Å². The maximum Gasteiger partial charge on any atom is 0.435 e. The summed E-state index contributed by atoms with van der Waals surface area (Å²) in [7, 11) is 1.34. The Morgan fingerprint density at radius 2 is 2.06 bits per heavy atom. The van der Waals surface area contributed by atoms with E-state index in [9.17, 15) is 18.0 Å². The van der Waals surface area contributed by atoms with Gasteiger partial charge in [0.2, 0.25) is 0 Å². The van der Waals surface area contributed by atoms with Gasteiger partial charge in [-0.05, 0) is 18.2 Å². The molecule has 0 amide bonds. The number of carboxylic acid groups (broad SMARTS) is 1. The van der Waals surface area contributed by atoms with Crippen LogP contribution in [0.15, 0.2) is 18.2 Å². The first-order valence-electron chi connectivity index (χ1n) is 4.58. The highest BCUT2D eigenvalue weighted by Gasteiger charge is 2.36. The molecule has 1 heterocycles. The monoisotopic (exact) mass is 244 g/mol. The van der Waals surface area contributed by atoms with Crippen molar-refractivity contribution < 1.29 is 23.1 Å². The second-order valence-electron chi connectivity index (χ2n) is 3.51. The van der Waals surface area contributed by atoms with Gasteiger partial charge in [-0.1, -0.05) is 0 Å². The van der Waals surface area contributed by atoms with Crippen molar-refractivity contribution >= 4 is 16.9 Å². The predicted octanol–water partition coefficient (Wildman–Crippen LogP) is 2.29. The van der Waals surface area contributed by atoms with Crippen LogP contribution in [0.5, 0.6) is 0 Å². The maximum absolute atomic E-state index is 12.6. The summed E-state index contributed by atoms with van der Waals surface area (Å²) in [5, 5.41) is 12.0. The van der Waals surface area contributed by atoms with Gasteiger partial charge in [-0.2, -0.15) is 18.3 Å². The van der Waals surface area contributed by atoms with Gasteiger partial charge in [0.25, 0.3) is 0 Å². The molecule has 1 N–H and O–H groups in total. The molecule has 4 nitrogen and oxygen atoms in total. The zero-order valence-electron chi connectivity index (χ0n) is 8.62. The SMILES string of the molecule is Cn1nc(C(F)(F)F)c2ccc(C(=O)O)cc21. The molecule has 17 heavy (non-hydrogen) atoms. The normalized spacial score (nSPS) is 12.0. The van der Waals surface area contributed by atoms with Crippen molar-refractivity contribution in [3.05, 3.63) is 29.5 Å². The number of hydrogen-bond acceptors (Lipinski definition) is 2. The summed E-state index contributed by atoms with van der Waals surface area (Å²) in [5.41, 5.74) is -0.946. The van der Waals surface area contributed by atoms with Crippen LogP contribution in [-0.2, 0) is 13.2 Å². The van der Waals surface area contributed by atoms with Gasteiger partial charge in [0.05, 0.1) is 11.1 Å². The van der Waals surface area contributed by atoms with Gasteiger partial charge in [0.1, 0.15) is 0 Å². The number of carbonyl (C=O) groups is 1. The minimum absolute atomic E-state index is 0.0748. The van der Waals surface area contributed by atoms with Crippen LogP contribution in [-0.4, -0.2) is 20.9 Å². The smallest absolute Gasteiger partial charge is 0.435 e. The predicted molar refractivity (Wildman–Crippen MR) is 52.7 cm³/mol. The van der Waals surface area contributed by atoms with Crippen LogP contribution >= 0.6 is 0 Å². The summed E-state index contributed by atoms with van der Waals surface area (Å²) in [6.07, 6.45) is -4.55. The molecule has 2 rings (SSSR count). The summed E-state index contributed by atoms with van der Waals surface area (Å²) in [6, 6.07) is 3.41.